The molecule has 0 aliphatic heterocycles. The number of anilines is 2. The molecule has 0 unspecified atom stereocenters. The van der Waals surface area contributed by atoms with Crippen molar-refractivity contribution in [1.29, 1.82) is 0 Å². The topological polar surface area (TPSA) is 171 Å². The van der Waals surface area contributed by atoms with Gasteiger partial charge in [-0.25, -0.2) is 32.3 Å². The standard InChI is InChI=1S/C24H20ClN7O5S2/c1-13-26-11-16(28-13)12-27-15-4-7-18-19(10-15)30-24(35)32(22(18)33)17-5-2-14(3-6-17)29-23(34)31-39(36,37)21-9-8-20(25)38-21/h2-11,27H,12H2,1H3,(H,26,28)(H,30,35)(H2,29,31,34). The van der Waals surface area contributed by atoms with E-state index in [0.717, 1.165) is 27.4 Å². The molecule has 0 spiro atoms. The first kappa shape index (κ1) is 26.2. The summed E-state index contributed by atoms with van der Waals surface area (Å²) in [4.78, 5) is 48.2. The van der Waals surface area contributed by atoms with Gasteiger partial charge in [-0.3, -0.25) is 4.79 Å². The van der Waals surface area contributed by atoms with Crippen LogP contribution in [0.4, 0.5) is 16.2 Å². The third-order valence-corrected chi connectivity index (χ3v) is 8.61. The van der Waals surface area contributed by atoms with Gasteiger partial charge in [0.1, 0.15) is 10.0 Å². The largest absolute Gasteiger partial charge is 0.379 e. The van der Waals surface area contributed by atoms with Gasteiger partial charge in [0.05, 0.1) is 39.4 Å². The van der Waals surface area contributed by atoms with Crippen molar-refractivity contribution in [1.82, 2.24) is 24.2 Å². The summed E-state index contributed by atoms with van der Waals surface area (Å²) in [6.07, 6.45) is 1.72. The van der Waals surface area contributed by atoms with Crippen LogP contribution in [0.25, 0.3) is 16.6 Å². The Morgan fingerprint density at radius 3 is 2.46 bits per heavy atom. The molecular weight excluding hydrogens is 566 g/mol. The minimum Gasteiger partial charge on any atom is -0.379 e. The molecule has 0 fully saturated rings. The molecule has 0 saturated heterocycles. The number of benzene rings is 2. The van der Waals surface area contributed by atoms with Gasteiger partial charge < -0.3 is 20.6 Å². The SMILES string of the molecule is Cc1ncc(CNc2ccc3c(=O)n(-c4ccc(NC(=O)NS(=O)(=O)c5ccc(Cl)s5)cc4)c(=O)[nH]c3c2)[nH]1. The zero-order valence-electron chi connectivity index (χ0n) is 20.1. The monoisotopic (exact) mass is 585 g/mol. The Hall–Kier alpha value is -4.40. The zero-order chi connectivity index (χ0) is 27.7. The molecule has 3 aromatic heterocycles. The van der Waals surface area contributed by atoms with E-state index in [1.165, 1.54) is 36.4 Å². The van der Waals surface area contributed by atoms with Crippen molar-refractivity contribution in [2.24, 2.45) is 0 Å². The van der Waals surface area contributed by atoms with E-state index in [1.54, 1.807) is 24.4 Å². The van der Waals surface area contributed by atoms with Gasteiger partial charge in [0.2, 0.25) is 0 Å². The Balaban J connectivity index is 1.32. The molecule has 5 aromatic rings. The summed E-state index contributed by atoms with van der Waals surface area (Å²) in [5, 5.41) is 5.92. The van der Waals surface area contributed by atoms with Crippen molar-refractivity contribution in [2.45, 2.75) is 17.7 Å². The number of carbonyl (C=O) groups excluding carboxylic acids is 1. The molecule has 3 heterocycles. The number of rotatable bonds is 7. The van der Waals surface area contributed by atoms with E-state index in [-0.39, 0.29) is 19.9 Å². The second kappa shape index (κ2) is 10.4. The molecule has 5 N–H and O–H groups in total. The number of aryl methyl sites for hydroxylation is 1. The Kier molecular flexibility index (Phi) is 6.99. The Bertz CT molecular complexity index is 1920. The number of carbonyl (C=O) groups is 1. The molecule has 0 aliphatic rings. The van der Waals surface area contributed by atoms with Crippen molar-refractivity contribution in [3.63, 3.8) is 0 Å². The minimum absolute atomic E-state index is 0.108. The van der Waals surface area contributed by atoms with Crippen molar-refractivity contribution < 1.29 is 13.2 Å². The van der Waals surface area contributed by atoms with Gasteiger partial charge in [-0.05, 0) is 61.5 Å². The van der Waals surface area contributed by atoms with Crippen LogP contribution in [0.15, 0.2) is 74.6 Å². The maximum Gasteiger partial charge on any atom is 0.333 e. The number of hydrogen-bond donors (Lipinski definition) is 5. The van der Waals surface area contributed by atoms with Gasteiger partial charge in [0, 0.05) is 11.4 Å². The molecular formula is C24H20ClN7O5S2. The summed E-state index contributed by atoms with van der Waals surface area (Å²) in [6, 6.07) is 12.5. The quantitative estimate of drug-likeness (QED) is 0.194. The highest BCUT2D eigenvalue weighted by Gasteiger charge is 2.20. The van der Waals surface area contributed by atoms with Gasteiger partial charge in [0.25, 0.3) is 15.6 Å². The lowest BCUT2D eigenvalue weighted by atomic mass is 10.2. The predicted octanol–water partition coefficient (Wildman–Crippen LogP) is 3.55. The highest BCUT2D eigenvalue weighted by atomic mass is 35.5. The molecule has 0 bridgehead atoms. The number of nitrogens with one attached hydrogen (secondary N) is 5. The van der Waals surface area contributed by atoms with Gasteiger partial charge in [-0.1, -0.05) is 11.6 Å². The molecule has 12 nitrogen and oxygen atoms in total. The number of urea groups is 1. The van der Waals surface area contributed by atoms with E-state index >= 15 is 0 Å². The first-order chi connectivity index (χ1) is 18.6. The summed E-state index contributed by atoms with van der Waals surface area (Å²) in [6.45, 7) is 2.34. The number of amides is 2. The number of fused-ring (bicyclic) bond motifs is 1. The van der Waals surface area contributed by atoms with E-state index in [1.807, 2.05) is 11.6 Å². The number of aromatic nitrogens is 4. The van der Waals surface area contributed by atoms with Crippen LogP contribution in [-0.4, -0.2) is 34.0 Å². The van der Waals surface area contributed by atoms with Crippen LogP contribution in [0.5, 0.6) is 0 Å². The first-order valence-electron chi connectivity index (χ1n) is 11.3. The molecule has 15 heteroatoms. The molecule has 0 saturated carbocycles. The number of halogens is 1. The number of sulfonamides is 1. The lowest BCUT2D eigenvalue weighted by Gasteiger charge is -2.10. The van der Waals surface area contributed by atoms with Crippen molar-refractivity contribution in [3.8, 4) is 5.69 Å². The van der Waals surface area contributed by atoms with Crippen molar-refractivity contribution in [3.05, 3.63) is 97.5 Å². The molecule has 39 heavy (non-hydrogen) atoms. The van der Waals surface area contributed by atoms with E-state index < -0.39 is 27.3 Å². The maximum atomic E-state index is 13.2. The number of thiophene rings is 1. The third-order valence-electron chi connectivity index (χ3n) is 5.56. The van der Waals surface area contributed by atoms with Crippen LogP contribution in [-0.2, 0) is 16.6 Å². The van der Waals surface area contributed by atoms with Gasteiger partial charge in [-0.2, -0.15) is 0 Å². The molecule has 200 valence electrons. The number of aromatic amines is 2. The van der Waals surface area contributed by atoms with Crippen LogP contribution in [0.1, 0.15) is 11.5 Å². The number of imidazole rings is 1. The normalized spacial score (nSPS) is 11.4. The number of H-pyrrole nitrogens is 2. The number of nitrogens with zero attached hydrogens (tertiary/aromatic N) is 2. The second-order valence-corrected chi connectivity index (χ2v) is 12.0. The smallest absolute Gasteiger partial charge is 0.333 e. The van der Waals surface area contributed by atoms with Gasteiger partial charge in [0.15, 0.2) is 0 Å². The van der Waals surface area contributed by atoms with Crippen molar-refractivity contribution in [2.75, 3.05) is 10.6 Å². The Morgan fingerprint density at radius 1 is 1.05 bits per heavy atom. The number of hydrogen-bond acceptors (Lipinski definition) is 8. The molecule has 2 aromatic carbocycles. The van der Waals surface area contributed by atoms with E-state index in [0.29, 0.717) is 23.1 Å². The summed E-state index contributed by atoms with van der Waals surface area (Å²) < 4.78 is 27.6. The summed E-state index contributed by atoms with van der Waals surface area (Å²) >= 11 is 6.58. The van der Waals surface area contributed by atoms with Crippen LogP contribution < -0.4 is 26.6 Å². The molecule has 0 aliphatic carbocycles. The van der Waals surface area contributed by atoms with E-state index in [4.69, 9.17) is 11.6 Å². The summed E-state index contributed by atoms with van der Waals surface area (Å²) in [7, 11) is -4.09. The van der Waals surface area contributed by atoms with Crippen LogP contribution in [0, 0.1) is 6.92 Å². The highest BCUT2D eigenvalue weighted by molar-refractivity contribution is 7.92. The maximum absolute atomic E-state index is 13.2. The van der Waals surface area contributed by atoms with Crippen LogP contribution in [0.3, 0.4) is 0 Å². The fourth-order valence-corrected chi connectivity index (χ4v) is 6.18. The second-order valence-electron chi connectivity index (χ2n) is 8.34. The summed E-state index contributed by atoms with van der Waals surface area (Å²) in [5.41, 5.74) is 1.30. The molecule has 2 amide bonds. The average Bonchev–Trinajstić information content (AvgIpc) is 3.51. The Labute approximate surface area is 229 Å². The molecule has 0 radical (unpaired) electrons. The zero-order valence-corrected chi connectivity index (χ0v) is 22.5. The minimum atomic E-state index is -4.09. The Morgan fingerprint density at radius 2 is 1.79 bits per heavy atom. The average molecular weight is 586 g/mol. The lowest BCUT2D eigenvalue weighted by molar-refractivity contribution is 0.256. The predicted molar refractivity (Wildman–Crippen MR) is 149 cm³/mol. The third kappa shape index (κ3) is 5.72. The first-order valence-corrected chi connectivity index (χ1v) is 14.0. The highest BCUT2D eigenvalue weighted by Crippen LogP contribution is 2.25. The lowest BCUT2D eigenvalue weighted by Crippen LogP contribution is -2.34. The van der Waals surface area contributed by atoms with Crippen LogP contribution in [0.2, 0.25) is 4.34 Å². The fraction of sp³-hybridized carbons (Fsp3) is 0.0833. The molecule has 5 rings (SSSR count). The summed E-state index contributed by atoms with van der Waals surface area (Å²) in [5.74, 6) is 0.801. The van der Waals surface area contributed by atoms with E-state index in [9.17, 15) is 22.8 Å². The van der Waals surface area contributed by atoms with Gasteiger partial charge >= 0.3 is 11.7 Å². The van der Waals surface area contributed by atoms with Gasteiger partial charge in [-0.15, -0.1) is 11.3 Å². The van der Waals surface area contributed by atoms with E-state index in [2.05, 4.69) is 25.6 Å². The fourth-order valence-electron chi connectivity index (χ4n) is 3.79. The van der Waals surface area contributed by atoms with Crippen LogP contribution >= 0.6 is 22.9 Å². The van der Waals surface area contributed by atoms with Crippen molar-refractivity contribution >= 4 is 61.3 Å². The molecule has 0 atom stereocenters.